The molecule has 0 saturated heterocycles. The summed E-state index contributed by atoms with van der Waals surface area (Å²) in [7, 11) is 4.38. The summed E-state index contributed by atoms with van der Waals surface area (Å²) in [4.78, 5) is 12.6. The van der Waals surface area contributed by atoms with E-state index >= 15 is 0 Å². The molecule has 1 amide bonds. The first-order valence-corrected chi connectivity index (χ1v) is 9.09. The molecule has 3 aromatic rings. The lowest BCUT2D eigenvalue weighted by Gasteiger charge is -2.12. The molecular weight excluding hydrogens is 398 g/mol. The first kappa shape index (κ1) is 20.5. The summed E-state index contributed by atoms with van der Waals surface area (Å²) in [6, 6.07) is 8.13. The van der Waals surface area contributed by atoms with Crippen LogP contribution in [0.15, 0.2) is 40.6 Å². The standard InChI is InChI=1S/C20H20ClN3O5/c1-5-24-14-7-6-12(21)10-13(14)17(20(24)26)22-23-19(25)11-8-15(27-2)18(29-4)16(9-11)28-3/h6-10,26H,5H2,1-4H3. The van der Waals surface area contributed by atoms with E-state index in [1.807, 2.05) is 6.92 Å². The Morgan fingerprint density at radius 2 is 1.76 bits per heavy atom. The predicted molar refractivity (Wildman–Crippen MR) is 109 cm³/mol. The lowest BCUT2D eigenvalue weighted by atomic mass is 10.1. The molecule has 1 N–H and O–H groups in total. The number of nitrogens with zero attached hydrogens (tertiary/aromatic N) is 3. The van der Waals surface area contributed by atoms with Crippen LogP contribution >= 0.6 is 11.6 Å². The van der Waals surface area contributed by atoms with Crippen molar-refractivity contribution in [1.82, 2.24) is 4.57 Å². The maximum atomic E-state index is 12.6. The molecule has 0 aliphatic rings. The molecule has 0 saturated carbocycles. The fraction of sp³-hybridized carbons (Fsp3) is 0.250. The van der Waals surface area contributed by atoms with E-state index in [1.54, 1.807) is 22.8 Å². The first-order chi connectivity index (χ1) is 13.9. The second-order valence-corrected chi connectivity index (χ2v) is 6.43. The fourth-order valence-corrected chi connectivity index (χ4v) is 3.24. The average Bonchev–Trinajstić information content (AvgIpc) is 3.00. The fourth-order valence-electron chi connectivity index (χ4n) is 3.07. The van der Waals surface area contributed by atoms with Crippen molar-refractivity contribution in [2.24, 2.45) is 10.2 Å². The van der Waals surface area contributed by atoms with Crippen LogP contribution in [0.3, 0.4) is 0 Å². The van der Waals surface area contributed by atoms with Gasteiger partial charge >= 0.3 is 0 Å². The number of amides is 1. The van der Waals surface area contributed by atoms with Crippen LogP contribution in [0.5, 0.6) is 23.1 Å². The van der Waals surface area contributed by atoms with E-state index in [2.05, 4.69) is 10.2 Å². The molecule has 0 aliphatic heterocycles. The summed E-state index contributed by atoms with van der Waals surface area (Å²) in [5, 5.41) is 19.4. The van der Waals surface area contributed by atoms with Crippen LogP contribution in [0.25, 0.3) is 10.9 Å². The number of benzene rings is 2. The zero-order valence-electron chi connectivity index (χ0n) is 16.4. The van der Waals surface area contributed by atoms with Gasteiger partial charge in [0.05, 0.1) is 32.4 Å². The minimum absolute atomic E-state index is 0.0915. The quantitative estimate of drug-likeness (QED) is 0.571. The molecule has 29 heavy (non-hydrogen) atoms. The highest BCUT2D eigenvalue weighted by Crippen LogP contribution is 2.41. The number of methoxy groups -OCH3 is 3. The number of aromatic nitrogens is 1. The van der Waals surface area contributed by atoms with Gasteiger partial charge in [0.1, 0.15) is 0 Å². The molecule has 3 rings (SSSR count). The molecule has 0 radical (unpaired) electrons. The second-order valence-electron chi connectivity index (χ2n) is 6.00. The number of carbonyl (C=O) groups is 1. The Hall–Kier alpha value is -3.26. The van der Waals surface area contributed by atoms with Gasteiger partial charge in [0, 0.05) is 17.0 Å². The van der Waals surface area contributed by atoms with Crippen LogP contribution < -0.4 is 14.2 Å². The SMILES string of the molecule is CCn1c(O)c(N=NC(=O)c2cc(OC)c(OC)c(OC)c2)c2cc(Cl)ccc21. The second kappa shape index (κ2) is 8.40. The zero-order valence-corrected chi connectivity index (χ0v) is 17.1. The third-order valence-electron chi connectivity index (χ3n) is 4.44. The number of azo groups is 1. The number of rotatable bonds is 6. The third kappa shape index (κ3) is 3.71. The van der Waals surface area contributed by atoms with Gasteiger partial charge in [-0.2, -0.15) is 0 Å². The summed E-state index contributed by atoms with van der Waals surface area (Å²) in [5.41, 5.74) is 1.11. The van der Waals surface area contributed by atoms with Gasteiger partial charge in [-0.15, -0.1) is 10.2 Å². The van der Waals surface area contributed by atoms with Gasteiger partial charge in [-0.05, 0) is 37.3 Å². The van der Waals surface area contributed by atoms with E-state index in [0.717, 1.165) is 5.52 Å². The molecule has 9 heteroatoms. The number of fused-ring (bicyclic) bond motifs is 1. The number of halogens is 1. The van der Waals surface area contributed by atoms with Crippen LogP contribution in [0, 0.1) is 0 Å². The van der Waals surface area contributed by atoms with E-state index in [9.17, 15) is 9.90 Å². The highest BCUT2D eigenvalue weighted by Gasteiger charge is 2.19. The molecule has 2 aromatic carbocycles. The van der Waals surface area contributed by atoms with Gasteiger partial charge < -0.3 is 23.9 Å². The summed E-state index contributed by atoms with van der Waals surface area (Å²) >= 11 is 6.08. The number of hydrogen-bond donors (Lipinski definition) is 1. The minimum atomic E-state index is -0.636. The molecule has 1 aromatic heterocycles. The number of carbonyl (C=O) groups excluding carboxylic acids is 1. The van der Waals surface area contributed by atoms with Crippen molar-refractivity contribution in [2.75, 3.05) is 21.3 Å². The van der Waals surface area contributed by atoms with Crippen LogP contribution in [0.4, 0.5) is 5.69 Å². The Kier molecular flexibility index (Phi) is 5.93. The monoisotopic (exact) mass is 417 g/mol. The predicted octanol–water partition coefficient (Wildman–Crippen LogP) is 4.97. The van der Waals surface area contributed by atoms with Crippen LogP contribution in [-0.4, -0.2) is 36.9 Å². The van der Waals surface area contributed by atoms with Gasteiger partial charge in [-0.1, -0.05) is 11.6 Å². The lowest BCUT2D eigenvalue weighted by Crippen LogP contribution is -2.00. The van der Waals surface area contributed by atoms with Crippen molar-refractivity contribution < 1.29 is 24.1 Å². The topological polar surface area (TPSA) is 94.6 Å². The molecule has 0 fully saturated rings. The Morgan fingerprint density at radius 3 is 2.31 bits per heavy atom. The van der Waals surface area contributed by atoms with Crippen molar-refractivity contribution in [3.8, 4) is 23.1 Å². The van der Waals surface area contributed by atoms with E-state index in [4.69, 9.17) is 25.8 Å². The first-order valence-electron chi connectivity index (χ1n) is 8.71. The summed E-state index contributed by atoms with van der Waals surface area (Å²) in [5.74, 6) is 0.279. The van der Waals surface area contributed by atoms with Crippen LogP contribution in [-0.2, 0) is 6.54 Å². The average molecular weight is 418 g/mol. The molecular formula is C20H20ClN3O5. The number of aromatic hydroxyl groups is 1. The third-order valence-corrected chi connectivity index (χ3v) is 4.68. The maximum absolute atomic E-state index is 12.6. The van der Waals surface area contributed by atoms with Crippen molar-refractivity contribution in [3.05, 3.63) is 40.9 Å². The molecule has 0 aliphatic carbocycles. The number of hydrogen-bond acceptors (Lipinski definition) is 6. The Balaban J connectivity index is 2.04. The van der Waals surface area contributed by atoms with Crippen molar-refractivity contribution in [2.45, 2.75) is 13.5 Å². The molecule has 152 valence electrons. The summed E-state index contributed by atoms with van der Waals surface area (Å²) < 4.78 is 17.4. The molecule has 1 heterocycles. The minimum Gasteiger partial charge on any atom is -0.493 e. The lowest BCUT2D eigenvalue weighted by molar-refractivity contribution is 0.0994. The van der Waals surface area contributed by atoms with Crippen LogP contribution in [0.1, 0.15) is 17.3 Å². The molecule has 0 atom stereocenters. The number of aryl methyl sites for hydroxylation is 1. The molecule has 8 nitrogen and oxygen atoms in total. The smallest absolute Gasteiger partial charge is 0.295 e. The van der Waals surface area contributed by atoms with Gasteiger partial charge in [0.2, 0.25) is 11.6 Å². The summed E-state index contributed by atoms with van der Waals surface area (Å²) in [6.07, 6.45) is 0. The van der Waals surface area contributed by atoms with E-state index in [-0.39, 0.29) is 17.1 Å². The van der Waals surface area contributed by atoms with Gasteiger partial charge in [-0.3, -0.25) is 4.79 Å². The van der Waals surface area contributed by atoms with E-state index in [0.29, 0.717) is 34.2 Å². The largest absolute Gasteiger partial charge is 0.493 e. The van der Waals surface area contributed by atoms with Gasteiger partial charge in [-0.25, -0.2) is 0 Å². The Bertz CT molecular complexity index is 1080. The zero-order chi connectivity index (χ0) is 21.1. The van der Waals surface area contributed by atoms with Crippen molar-refractivity contribution >= 4 is 34.1 Å². The van der Waals surface area contributed by atoms with Gasteiger partial charge in [0.25, 0.3) is 5.91 Å². The van der Waals surface area contributed by atoms with E-state index in [1.165, 1.54) is 33.5 Å². The highest BCUT2D eigenvalue weighted by molar-refractivity contribution is 6.31. The van der Waals surface area contributed by atoms with Gasteiger partial charge in [0.15, 0.2) is 17.2 Å². The Labute approximate surface area is 172 Å². The molecule has 0 bridgehead atoms. The number of ether oxygens (including phenoxy) is 3. The van der Waals surface area contributed by atoms with Crippen LogP contribution in [0.2, 0.25) is 5.02 Å². The van der Waals surface area contributed by atoms with Crippen molar-refractivity contribution in [1.29, 1.82) is 0 Å². The Morgan fingerprint density at radius 1 is 1.10 bits per heavy atom. The molecule has 0 spiro atoms. The maximum Gasteiger partial charge on any atom is 0.295 e. The highest BCUT2D eigenvalue weighted by atomic mass is 35.5. The molecule has 0 unspecified atom stereocenters. The van der Waals surface area contributed by atoms with E-state index < -0.39 is 5.91 Å². The normalized spacial score (nSPS) is 11.2. The summed E-state index contributed by atoms with van der Waals surface area (Å²) in [6.45, 7) is 2.40. The van der Waals surface area contributed by atoms with Crippen molar-refractivity contribution in [3.63, 3.8) is 0 Å².